The molecule has 1 fully saturated rings. The number of nitrogens with one attached hydrogen (secondary N) is 2. The van der Waals surface area contributed by atoms with Gasteiger partial charge in [0.05, 0.1) is 12.5 Å². The molecule has 0 aliphatic heterocycles. The Bertz CT molecular complexity index is 670. The van der Waals surface area contributed by atoms with Gasteiger partial charge in [-0.15, -0.1) is 0 Å². The summed E-state index contributed by atoms with van der Waals surface area (Å²) in [7, 11) is 5.58. The molecule has 0 aromatic heterocycles. The zero-order valence-electron chi connectivity index (χ0n) is 17.4. The van der Waals surface area contributed by atoms with Crippen LogP contribution in [-0.4, -0.2) is 50.6 Å². The monoisotopic (exact) mass is 392 g/mol. The Morgan fingerprint density at radius 1 is 1.29 bits per heavy atom. The molecular weight excluding hydrogens is 359 g/mol. The van der Waals surface area contributed by atoms with Crippen molar-refractivity contribution in [1.29, 1.82) is 0 Å². The Balaban J connectivity index is 1.83. The summed E-state index contributed by atoms with van der Waals surface area (Å²) < 4.78 is 19.0. The van der Waals surface area contributed by atoms with Crippen molar-refractivity contribution in [1.82, 2.24) is 15.5 Å². The molecule has 156 valence electrons. The van der Waals surface area contributed by atoms with Crippen LogP contribution < -0.4 is 10.6 Å². The lowest BCUT2D eigenvalue weighted by atomic mass is 9.86. The molecule has 0 radical (unpaired) electrons. The maximum absolute atomic E-state index is 13.9. The van der Waals surface area contributed by atoms with Gasteiger partial charge >= 0.3 is 5.97 Å². The highest BCUT2D eigenvalue weighted by molar-refractivity contribution is 5.80. The fourth-order valence-electron chi connectivity index (χ4n) is 3.51. The van der Waals surface area contributed by atoms with Gasteiger partial charge in [-0.2, -0.15) is 0 Å². The topological polar surface area (TPSA) is 66.0 Å². The van der Waals surface area contributed by atoms with Gasteiger partial charge in [0.15, 0.2) is 5.96 Å². The van der Waals surface area contributed by atoms with E-state index in [0.29, 0.717) is 25.3 Å². The van der Waals surface area contributed by atoms with Crippen LogP contribution in [0.4, 0.5) is 4.39 Å². The molecule has 1 aliphatic carbocycles. The van der Waals surface area contributed by atoms with Crippen LogP contribution >= 0.6 is 0 Å². The van der Waals surface area contributed by atoms with E-state index in [1.54, 1.807) is 13.1 Å². The Kier molecular flexibility index (Phi) is 8.70. The molecule has 1 aliphatic rings. The van der Waals surface area contributed by atoms with Crippen molar-refractivity contribution in [3.63, 3.8) is 0 Å². The third-order valence-corrected chi connectivity index (χ3v) is 4.97. The highest BCUT2D eigenvalue weighted by atomic mass is 19.1. The maximum Gasteiger partial charge on any atom is 0.308 e. The number of hydrogen-bond acceptors (Lipinski definition) is 4. The van der Waals surface area contributed by atoms with E-state index in [4.69, 9.17) is 4.74 Å². The summed E-state index contributed by atoms with van der Waals surface area (Å²) in [6.07, 6.45) is 3.49. The molecule has 0 spiro atoms. The van der Waals surface area contributed by atoms with Gasteiger partial charge in [0.1, 0.15) is 5.82 Å². The van der Waals surface area contributed by atoms with Gasteiger partial charge in [0.25, 0.3) is 0 Å². The molecular formula is C21H33FN4O2. The second kappa shape index (κ2) is 11.0. The summed E-state index contributed by atoms with van der Waals surface area (Å²) in [6, 6.07) is 5.48. The van der Waals surface area contributed by atoms with Crippen LogP contribution in [0.25, 0.3) is 0 Å². The number of ether oxygens (including phenoxy) is 1. The smallest absolute Gasteiger partial charge is 0.308 e. The number of rotatable bonds is 7. The lowest BCUT2D eigenvalue weighted by molar-refractivity contribution is -0.149. The number of aliphatic imine (C=N–C) groups is 1. The van der Waals surface area contributed by atoms with Crippen molar-refractivity contribution in [2.45, 2.75) is 51.7 Å². The minimum absolute atomic E-state index is 0.0160. The molecule has 0 atom stereocenters. The first kappa shape index (κ1) is 22.1. The summed E-state index contributed by atoms with van der Waals surface area (Å²) in [4.78, 5) is 18.1. The lowest BCUT2D eigenvalue weighted by Crippen LogP contribution is -2.45. The van der Waals surface area contributed by atoms with Gasteiger partial charge in [-0.05, 0) is 64.4 Å². The zero-order chi connectivity index (χ0) is 20.5. The predicted molar refractivity (Wildman–Crippen MR) is 110 cm³/mol. The van der Waals surface area contributed by atoms with Gasteiger partial charge < -0.3 is 20.3 Å². The quantitative estimate of drug-likeness (QED) is 0.424. The van der Waals surface area contributed by atoms with Crippen molar-refractivity contribution in [2.75, 3.05) is 27.7 Å². The normalized spacial score (nSPS) is 20.1. The first-order valence-corrected chi connectivity index (χ1v) is 9.98. The van der Waals surface area contributed by atoms with E-state index in [1.165, 1.54) is 6.07 Å². The van der Waals surface area contributed by atoms with E-state index in [-0.39, 0.29) is 23.7 Å². The first-order chi connectivity index (χ1) is 13.4. The lowest BCUT2D eigenvalue weighted by Gasteiger charge is -2.29. The molecule has 2 rings (SSSR count). The predicted octanol–water partition coefficient (Wildman–Crippen LogP) is 2.67. The molecule has 0 amide bonds. The molecule has 1 aromatic rings. The fraction of sp³-hybridized carbons (Fsp3) is 0.619. The Morgan fingerprint density at radius 3 is 2.61 bits per heavy atom. The van der Waals surface area contributed by atoms with E-state index in [9.17, 15) is 9.18 Å². The number of guanidine groups is 1. The molecule has 0 bridgehead atoms. The van der Waals surface area contributed by atoms with Gasteiger partial charge in [0, 0.05) is 31.7 Å². The van der Waals surface area contributed by atoms with Crippen molar-refractivity contribution in [3.05, 3.63) is 35.1 Å². The van der Waals surface area contributed by atoms with Crippen molar-refractivity contribution in [2.24, 2.45) is 10.9 Å². The van der Waals surface area contributed by atoms with Crippen molar-refractivity contribution in [3.8, 4) is 0 Å². The second-order valence-corrected chi connectivity index (χ2v) is 7.53. The number of carbonyl (C=O) groups excluding carboxylic acids is 1. The highest BCUT2D eigenvalue weighted by Crippen LogP contribution is 2.25. The molecule has 1 saturated carbocycles. The average molecular weight is 393 g/mol. The third kappa shape index (κ3) is 6.78. The minimum atomic E-state index is -0.182. The van der Waals surface area contributed by atoms with Crippen LogP contribution in [0.3, 0.4) is 0 Å². The van der Waals surface area contributed by atoms with Crippen LogP contribution in [0.1, 0.15) is 43.7 Å². The van der Waals surface area contributed by atoms with Crippen LogP contribution in [0.15, 0.2) is 23.2 Å². The van der Waals surface area contributed by atoms with Crippen molar-refractivity contribution >= 4 is 11.9 Å². The molecule has 7 heteroatoms. The Morgan fingerprint density at radius 2 is 2.00 bits per heavy atom. The molecule has 2 N–H and O–H groups in total. The van der Waals surface area contributed by atoms with E-state index in [2.05, 4.69) is 15.6 Å². The second-order valence-electron chi connectivity index (χ2n) is 7.53. The summed E-state index contributed by atoms with van der Waals surface area (Å²) in [5, 5.41) is 6.73. The SMILES string of the molecule is CCOC(=O)C1CCC(NC(=NC)NCc2ccc(F)c(CN(C)C)c2)CC1. The Labute approximate surface area is 167 Å². The van der Waals surface area contributed by atoms with Gasteiger partial charge in [0.2, 0.25) is 0 Å². The number of esters is 1. The largest absolute Gasteiger partial charge is 0.466 e. The summed E-state index contributed by atoms with van der Waals surface area (Å²) in [6.45, 7) is 3.41. The van der Waals surface area contributed by atoms with Crippen LogP contribution in [0.5, 0.6) is 0 Å². The first-order valence-electron chi connectivity index (χ1n) is 9.98. The van der Waals surface area contributed by atoms with Crippen molar-refractivity contribution < 1.29 is 13.9 Å². The van der Waals surface area contributed by atoms with Crippen LogP contribution in [0, 0.1) is 11.7 Å². The van der Waals surface area contributed by atoms with Gasteiger partial charge in [-0.1, -0.05) is 6.07 Å². The van der Waals surface area contributed by atoms with E-state index >= 15 is 0 Å². The molecule has 0 unspecified atom stereocenters. The number of nitrogens with zero attached hydrogens (tertiary/aromatic N) is 2. The van der Waals surface area contributed by atoms with Gasteiger partial charge in [-0.25, -0.2) is 4.39 Å². The fourth-order valence-corrected chi connectivity index (χ4v) is 3.51. The maximum atomic E-state index is 13.9. The average Bonchev–Trinajstić information content (AvgIpc) is 2.67. The number of hydrogen-bond donors (Lipinski definition) is 2. The number of halogens is 1. The summed E-state index contributed by atoms with van der Waals surface area (Å²) >= 11 is 0. The van der Waals surface area contributed by atoms with Gasteiger partial charge in [-0.3, -0.25) is 9.79 Å². The van der Waals surface area contributed by atoms with Crippen LogP contribution in [0.2, 0.25) is 0 Å². The minimum Gasteiger partial charge on any atom is -0.466 e. The van der Waals surface area contributed by atoms with E-state index in [0.717, 1.165) is 37.2 Å². The Hall–Kier alpha value is -2.15. The third-order valence-electron chi connectivity index (χ3n) is 4.97. The summed E-state index contributed by atoms with van der Waals surface area (Å²) in [5.41, 5.74) is 1.69. The molecule has 28 heavy (non-hydrogen) atoms. The highest BCUT2D eigenvalue weighted by Gasteiger charge is 2.27. The number of carbonyl (C=O) groups is 1. The zero-order valence-corrected chi connectivity index (χ0v) is 17.4. The summed E-state index contributed by atoms with van der Waals surface area (Å²) in [5.74, 6) is 0.479. The van der Waals surface area contributed by atoms with E-state index < -0.39 is 0 Å². The molecule has 0 heterocycles. The van der Waals surface area contributed by atoms with E-state index in [1.807, 2.05) is 32.0 Å². The molecule has 1 aromatic carbocycles. The standard InChI is InChI=1S/C21H33FN4O2/c1-5-28-20(27)16-7-9-18(10-8-16)25-21(23-2)24-13-15-6-11-19(22)17(12-15)14-26(3)4/h6,11-12,16,18H,5,7-10,13-14H2,1-4H3,(H2,23,24,25). The number of benzene rings is 1. The molecule has 0 saturated heterocycles. The van der Waals surface area contributed by atoms with Crippen LogP contribution in [-0.2, 0) is 22.6 Å². The molecule has 6 nitrogen and oxygen atoms in total.